The fourth-order valence-corrected chi connectivity index (χ4v) is 1.14. The highest BCUT2D eigenvalue weighted by atomic mass is 19.4. The average molecular weight is 269 g/mol. The van der Waals surface area contributed by atoms with Crippen LogP contribution in [0.4, 0.5) is 23.2 Å². The van der Waals surface area contributed by atoms with E-state index >= 15 is 0 Å². The number of carbonyl (C=O) groups is 1. The van der Waals surface area contributed by atoms with Crippen molar-refractivity contribution < 1.29 is 37.3 Å². The maximum absolute atomic E-state index is 13.2. The molecular weight excluding hydrogens is 262 g/mol. The van der Waals surface area contributed by atoms with E-state index < -0.39 is 41.3 Å². The number of aliphatic hydroxyl groups is 1. The van der Waals surface area contributed by atoms with Crippen LogP contribution in [-0.4, -0.2) is 22.5 Å². The highest BCUT2D eigenvalue weighted by Gasteiger charge is 2.33. The van der Waals surface area contributed by atoms with Gasteiger partial charge < -0.3 is 20.7 Å². The van der Waals surface area contributed by atoms with Crippen LogP contribution in [0.15, 0.2) is 12.1 Å². The van der Waals surface area contributed by atoms with E-state index in [0.29, 0.717) is 12.1 Å². The summed E-state index contributed by atoms with van der Waals surface area (Å²) < 4.78 is 52.6. The Morgan fingerprint density at radius 3 is 2.39 bits per heavy atom. The first-order chi connectivity index (χ1) is 8.11. The van der Waals surface area contributed by atoms with E-state index in [4.69, 9.17) is 15.9 Å². The summed E-state index contributed by atoms with van der Waals surface area (Å²) in [5.41, 5.74) is 3.53. The second kappa shape index (κ2) is 4.69. The number of halogens is 4. The maximum Gasteiger partial charge on any atom is 0.573 e. The van der Waals surface area contributed by atoms with Gasteiger partial charge in [-0.1, -0.05) is 0 Å². The monoisotopic (exact) mass is 269 g/mol. The Kier molecular flexibility index (Phi) is 3.65. The van der Waals surface area contributed by atoms with Gasteiger partial charge in [-0.05, 0) is 6.07 Å². The van der Waals surface area contributed by atoms with Gasteiger partial charge >= 0.3 is 12.3 Å². The standard InChI is InChI=1S/C9H7F4NO4/c10-4-2-5(14)6(18-9(11,12)13)1-3(4)7(15)8(16)17/h1-2,7,15H,14H2,(H,16,17). The third-order valence-corrected chi connectivity index (χ3v) is 1.88. The fraction of sp³-hybridized carbons (Fsp3) is 0.222. The normalized spacial score (nSPS) is 13.2. The van der Waals surface area contributed by atoms with Crippen LogP contribution < -0.4 is 10.5 Å². The molecule has 0 amide bonds. The van der Waals surface area contributed by atoms with Crippen LogP contribution in [0.1, 0.15) is 11.7 Å². The Balaban J connectivity index is 3.22. The zero-order chi connectivity index (χ0) is 14.1. The van der Waals surface area contributed by atoms with Gasteiger partial charge in [0, 0.05) is 11.6 Å². The third kappa shape index (κ3) is 3.23. The van der Waals surface area contributed by atoms with Gasteiger partial charge in [-0.25, -0.2) is 9.18 Å². The Morgan fingerprint density at radius 1 is 1.39 bits per heavy atom. The molecule has 0 fully saturated rings. The van der Waals surface area contributed by atoms with Crippen molar-refractivity contribution in [2.24, 2.45) is 0 Å². The summed E-state index contributed by atoms with van der Waals surface area (Å²) in [6, 6.07) is 0.819. The van der Waals surface area contributed by atoms with Crippen molar-refractivity contribution in [1.29, 1.82) is 0 Å². The van der Waals surface area contributed by atoms with Crippen molar-refractivity contribution in [1.82, 2.24) is 0 Å². The summed E-state index contributed by atoms with van der Waals surface area (Å²) in [7, 11) is 0. The highest BCUT2D eigenvalue weighted by molar-refractivity contribution is 5.75. The van der Waals surface area contributed by atoms with Gasteiger partial charge in [-0.15, -0.1) is 13.2 Å². The SMILES string of the molecule is Nc1cc(F)c(C(O)C(=O)O)cc1OC(F)(F)F. The van der Waals surface area contributed by atoms with Crippen molar-refractivity contribution in [2.45, 2.75) is 12.5 Å². The molecule has 0 saturated heterocycles. The number of nitrogen functional groups attached to an aromatic ring is 1. The lowest BCUT2D eigenvalue weighted by Gasteiger charge is -2.14. The second-order valence-corrected chi connectivity index (χ2v) is 3.20. The first-order valence-electron chi connectivity index (χ1n) is 4.37. The average Bonchev–Trinajstić information content (AvgIpc) is 2.19. The fourth-order valence-electron chi connectivity index (χ4n) is 1.14. The van der Waals surface area contributed by atoms with Crippen molar-refractivity contribution in [3.63, 3.8) is 0 Å². The summed E-state index contributed by atoms with van der Waals surface area (Å²) in [5.74, 6) is -4.06. The number of hydrogen-bond acceptors (Lipinski definition) is 4. The molecule has 4 N–H and O–H groups in total. The van der Waals surface area contributed by atoms with Crippen LogP contribution in [0.3, 0.4) is 0 Å². The van der Waals surface area contributed by atoms with Gasteiger partial charge in [0.1, 0.15) is 5.82 Å². The minimum absolute atomic E-state index is 0.386. The number of carboxylic acid groups (broad SMARTS) is 1. The number of alkyl halides is 3. The zero-order valence-corrected chi connectivity index (χ0v) is 8.53. The molecule has 1 aromatic rings. The van der Waals surface area contributed by atoms with E-state index in [2.05, 4.69) is 4.74 Å². The van der Waals surface area contributed by atoms with Crippen LogP contribution in [-0.2, 0) is 4.79 Å². The number of benzene rings is 1. The molecule has 0 aliphatic carbocycles. The largest absolute Gasteiger partial charge is 0.573 e. The molecule has 1 atom stereocenters. The number of nitrogens with two attached hydrogens (primary N) is 1. The predicted molar refractivity (Wildman–Crippen MR) is 50.1 cm³/mol. The molecule has 5 nitrogen and oxygen atoms in total. The topological polar surface area (TPSA) is 92.8 Å². The smallest absolute Gasteiger partial charge is 0.479 e. The van der Waals surface area contributed by atoms with E-state index in [1.807, 2.05) is 0 Å². The molecule has 0 heterocycles. The summed E-state index contributed by atoms with van der Waals surface area (Å²) in [6.07, 6.45) is -7.39. The van der Waals surface area contributed by atoms with Crippen molar-refractivity contribution in [2.75, 3.05) is 5.73 Å². The van der Waals surface area contributed by atoms with E-state index in [-0.39, 0.29) is 0 Å². The van der Waals surface area contributed by atoms with Crippen LogP contribution in [0.25, 0.3) is 0 Å². The van der Waals surface area contributed by atoms with Gasteiger partial charge in [0.25, 0.3) is 0 Å². The number of ether oxygens (including phenoxy) is 1. The number of anilines is 1. The van der Waals surface area contributed by atoms with Gasteiger partial charge in [-0.2, -0.15) is 0 Å². The van der Waals surface area contributed by atoms with Crippen molar-refractivity contribution in [3.8, 4) is 5.75 Å². The lowest BCUT2D eigenvalue weighted by atomic mass is 10.1. The summed E-state index contributed by atoms with van der Waals surface area (Å²) in [6.45, 7) is 0. The Morgan fingerprint density at radius 2 is 1.94 bits per heavy atom. The van der Waals surface area contributed by atoms with Crippen molar-refractivity contribution in [3.05, 3.63) is 23.5 Å². The molecule has 0 radical (unpaired) electrons. The van der Waals surface area contributed by atoms with Gasteiger partial charge in [0.2, 0.25) is 0 Å². The molecule has 100 valence electrons. The van der Waals surface area contributed by atoms with Crippen LogP contribution in [0.2, 0.25) is 0 Å². The number of rotatable bonds is 3. The Hall–Kier alpha value is -2.03. The molecule has 1 unspecified atom stereocenters. The molecule has 0 aliphatic rings. The van der Waals surface area contributed by atoms with Gasteiger partial charge in [0.15, 0.2) is 11.9 Å². The predicted octanol–water partition coefficient (Wildman–Crippen LogP) is 1.42. The number of aliphatic carboxylic acids is 1. The molecule has 1 aromatic carbocycles. The zero-order valence-electron chi connectivity index (χ0n) is 8.53. The minimum atomic E-state index is -5.07. The van der Waals surface area contributed by atoms with E-state index in [1.54, 1.807) is 0 Å². The second-order valence-electron chi connectivity index (χ2n) is 3.20. The summed E-state index contributed by atoms with van der Waals surface area (Å²) >= 11 is 0. The molecule has 18 heavy (non-hydrogen) atoms. The van der Waals surface area contributed by atoms with E-state index in [1.165, 1.54) is 0 Å². The lowest BCUT2D eigenvalue weighted by molar-refractivity contribution is -0.274. The van der Waals surface area contributed by atoms with Crippen LogP contribution in [0.5, 0.6) is 5.75 Å². The highest BCUT2D eigenvalue weighted by Crippen LogP contribution is 2.32. The molecule has 0 saturated carbocycles. The van der Waals surface area contributed by atoms with Crippen LogP contribution >= 0.6 is 0 Å². The van der Waals surface area contributed by atoms with Gasteiger partial charge in [-0.3, -0.25) is 0 Å². The Bertz CT molecular complexity index is 474. The number of hydrogen-bond donors (Lipinski definition) is 3. The summed E-state index contributed by atoms with van der Waals surface area (Å²) in [5, 5.41) is 17.5. The molecule has 1 rings (SSSR count). The Labute approximate surface area is 97.4 Å². The quantitative estimate of drug-likeness (QED) is 0.570. The first kappa shape index (κ1) is 14.0. The van der Waals surface area contributed by atoms with Crippen LogP contribution in [0, 0.1) is 5.82 Å². The van der Waals surface area contributed by atoms with Crippen molar-refractivity contribution >= 4 is 11.7 Å². The third-order valence-electron chi connectivity index (χ3n) is 1.88. The lowest BCUT2D eigenvalue weighted by Crippen LogP contribution is -2.19. The minimum Gasteiger partial charge on any atom is -0.479 e. The first-order valence-corrected chi connectivity index (χ1v) is 4.37. The van der Waals surface area contributed by atoms with E-state index in [0.717, 1.165) is 0 Å². The molecule has 0 aromatic heterocycles. The number of aliphatic hydroxyl groups excluding tert-OH is 1. The van der Waals surface area contributed by atoms with Gasteiger partial charge in [0.05, 0.1) is 5.69 Å². The molecule has 0 aliphatic heterocycles. The number of carboxylic acids is 1. The molecule has 9 heteroatoms. The molecule has 0 bridgehead atoms. The molecular formula is C9H7F4NO4. The molecule has 0 spiro atoms. The van der Waals surface area contributed by atoms with E-state index in [9.17, 15) is 22.4 Å². The maximum atomic E-state index is 13.2. The summed E-state index contributed by atoms with van der Waals surface area (Å²) in [4.78, 5) is 10.4.